The van der Waals surface area contributed by atoms with E-state index in [1.54, 1.807) is 0 Å². The minimum Gasteiger partial charge on any atom is -0.333 e. The second-order valence-corrected chi connectivity index (χ2v) is 8.19. The van der Waals surface area contributed by atoms with Crippen molar-refractivity contribution in [1.29, 1.82) is 0 Å². The SMILES string of the molecule is C=C(CC1CCCC1)c1ccc(C)c(C)c1C.C=Cc1ccc(C)c(C)c1.CN. The average molecular weight is 392 g/mol. The molecular weight excluding hydrogens is 350 g/mol. The fraction of sp³-hybridized carbons (Fsp3) is 0.429. The zero-order chi connectivity index (χ0) is 22.0. The van der Waals surface area contributed by atoms with Gasteiger partial charge in [0, 0.05) is 0 Å². The molecule has 1 fully saturated rings. The number of hydrogen-bond acceptors (Lipinski definition) is 1. The van der Waals surface area contributed by atoms with Crippen LogP contribution in [0.3, 0.4) is 0 Å². The molecule has 1 heteroatoms. The van der Waals surface area contributed by atoms with E-state index >= 15 is 0 Å². The van der Waals surface area contributed by atoms with E-state index in [-0.39, 0.29) is 0 Å². The van der Waals surface area contributed by atoms with Gasteiger partial charge in [-0.25, -0.2) is 0 Å². The first-order valence-corrected chi connectivity index (χ1v) is 10.9. The van der Waals surface area contributed by atoms with Gasteiger partial charge in [0.15, 0.2) is 0 Å². The highest BCUT2D eigenvalue weighted by Crippen LogP contribution is 2.34. The topological polar surface area (TPSA) is 26.0 Å². The summed E-state index contributed by atoms with van der Waals surface area (Å²) in [6.07, 6.45) is 8.72. The Morgan fingerprint density at radius 1 is 0.897 bits per heavy atom. The summed E-state index contributed by atoms with van der Waals surface area (Å²) in [5.74, 6) is 0.892. The van der Waals surface area contributed by atoms with Crippen LogP contribution in [0.5, 0.6) is 0 Å². The number of aryl methyl sites for hydroxylation is 3. The minimum atomic E-state index is 0.892. The van der Waals surface area contributed by atoms with Crippen LogP contribution in [-0.4, -0.2) is 7.05 Å². The molecule has 0 amide bonds. The Morgan fingerprint density at radius 2 is 1.48 bits per heavy atom. The van der Waals surface area contributed by atoms with Crippen LogP contribution < -0.4 is 5.73 Å². The maximum Gasteiger partial charge on any atom is -0.0195 e. The van der Waals surface area contributed by atoms with Crippen molar-refractivity contribution in [2.24, 2.45) is 11.7 Å². The van der Waals surface area contributed by atoms with Crippen molar-refractivity contribution >= 4 is 11.6 Å². The van der Waals surface area contributed by atoms with E-state index < -0.39 is 0 Å². The van der Waals surface area contributed by atoms with Crippen LogP contribution in [0.25, 0.3) is 11.6 Å². The van der Waals surface area contributed by atoms with Crippen LogP contribution in [0.4, 0.5) is 0 Å². The van der Waals surface area contributed by atoms with Gasteiger partial charge in [0.2, 0.25) is 0 Å². The van der Waals surface area contributed by atoms with Gasteiger partial charge in [-0.1, -0.05) is 75.2 Å². The predicted octanol–water partition coefficient (Wildman–Crippen LogP) is 7.73. The van der Waals surface area contributed by atoms with E-state index in [2.05, 4.69) is 83.8 Å². The second kappa shape index (κ2) is 12.4. The molecule has 0 heterocycles. The van der Waals surface area contributed by atoms with Crippen molar-refractivity contribution in [3.05, 3.63) is 82.4 Å². The third-order valence-corrected chi connectivity index (χ3v) is 6.22. The van der Waals surface area contributed by atoms with Gasteiger partial charge in [-0.2, -0.15) is 0 Å². The molecule has 0 unspecified atom stereocenters. The fourth-order valence-electron chi connectivity index (χ4n) is 3.90. The lowest BCUT2D eigenvalue weighted by Gasteiger charge is -2.16. The van der Waals surface area contributed by atoms with Crippen molar-refractivity contribution in [3.8, 4) is 0 Å². The Labute approximate surface area is 179 Å². The molecule has 0 bridgehead atoms. The number of benzene rings is 2. The first-order chi connectivity index (χ1) is 13.8. The molecule has 29 heavy (non-hydrogen) atoms. The van der Waals surface area contributed by atoms with Crippen molar-refractivity contribution in [2.75, 3.05) is 7.05 Å². The molecule has 1 nitrogen and oxygen atoms in total. The molecule has 1 saturated carbocycles. The molecule has 0 radical (unpaired) electrons. The first-order valence-electron chi connectivity index (χ1n) is 10.9. The van der Waals surface area contributed by atoms with E-state index in [1.165, 1.54) is 83.7 Å². The number of rotatable bonds is 4. The van der Waals surface area contributed by atoms with Gasteiger partial charge in [-0.15, -0.1) is 0 Å². The van der Waals surface area contributed by atoms with Crippen molar-refractivity contribution in [2.45, 2.75) is 66.7 Å². The van der Waals surface area contributed by atoms with E-state index in [0.29, 0.717) is 0 Å². The number of hydrogen-bond donors (Lipinski definition) is 1. The Morgan fingerprint density at radius 3 is 2.03 bits per heavy atom. The summed E-state index contributed by atoms with van der Waals surface area (Å²) < 4.78 is 0. The van der Waals surface area contributed by atoms with Crippen LogP contribution in [0.2, 0.25) is 0 Å². The summed E-state index contributed by atoms with van der Waals surface area (Å²) in [7, 11) is 1.50. The standard InChI is InChI=1S/C17H24.C10H12.CH5N/c1-12-9-10-17(15(4)14(12)3)13(2)11-16-7-5-6-8-16;1-4-10-6-5-8(2)9(3)7-10;1-2/h9-10,16H,2,5-8,11H2,1,3-4H3;4-7H,1H2,2-3H3;2H2,1H3. The predicted molar refractivity (Wildman–Crippen MR) is 132 cm³/mol. The number of nitrogens with two attached hydrogens (primary N) is 1. The zero-order valence-corrected chi connectivity index (χ0v) is 19.6. The van der Waals surface area contributed by atoms with Crippen molar-refractivity contribution in [3.63, 3.8) is 0 Å². The molecule has 0 atom stereocenters. The zero-order valence-electron chi connectivity index (χ0n) is 19.6. The normalized spacial score (nSPS) is 13.1. The summed E-state index contributed by atoms with van der Waals surface area (Å²) in [6.45, 7) is 18.9. The van der Waals surface area contributed by atoms with E-state index in [1.807, 2.05) is 6.08 Å². The molecule has 0 saturated heterocycles. The van der Waals surface area contributed by atoms with E-state index in [9.17, 15) is 0 Å². The Bertz CT molecular complexity index is 807. The van der Waals surface area contributed by atoms with Gasteiger partial charge < -0.3 is 5.73 Å². The average Bonchev–Trinajstić information content (AvgIpc) is 3.23. The molecule has 2 aromatic rings. The summed E-state index contributed by atoms with van der Waals surface area (Å²) in [6, 6.07) is 10.8. The quantitative estimate of drug-likeness (QED) is 0.567. The highest BCUT2D eigenvalue weighted by molar-refractivity contribution is 5.68. The Kier molecular flexibility index (Phi) is 10.7. The van der Waals surface area contributed by atoms with Crippen LogP contribution >= 0.6 is 0 Å². The Hall–Kier alpha value is -2.12. The van der Waals surface area contributed by atoms with Crippen molar-refractivity contribution in [1.82, 2.24) is 0 Å². The monoisotopic (exact) mass is 391 g/mol. The van der Waals surface area contributed by atoms with Gasteiger partial charge in [-0.05, 0) is 98.5 Å². The number of allylic oxidation sites excluding steroid dienone is 1. The van der Waals surface area contributed by atoms with E-state index in [4.69, 9.17) is 0 Å². The highest BCUT2D eigenvalue weighted by Gasteiger charge is 2.17. The van der Waals surface area contributed by atoms with Gasteiger partial charge in [0.25, 0.3) is 0 Å². The largest absolute Gasteiger partial charge is 0.333 e. The molecule has 3 rings (SSSR count). The molecule has 0 aromatic heterocycles. The summed E-state index contributed by atoms with van der Waals surface area (Å²) in [5, 5.41) is 0. The summed E-state index contributed by atoms with van der Waals surface area (Å²) >= 11 is 0. The maximum atomic E-state index is 4.50. The van der Waals surface area contributed by atoms with E-state index in [0.717, 1.165) is 5.92 Å². The molecule has 2 N–H and O–H groups in total. The van der Waals surface area contributed by atoms with Gasteiger partial charge >= 0.3 is 0 Å². The van der Waals surface area contributed by atoms with Gasteiger partial charge in [0.05, 0.1) is 0 Å². The minimum absolute atomic E-state index is 0.892. The lowest BCUT2D eigenvalue weighted by molar-refractivity contribution is 0.566. The van der Waals surface area contributed by atoms with Crippen LogP contribution in [0.1, 0.15) is 71.0 Å². The lowest BCUT2D eigenvalue weighted by atomic mass is 9.89. The third-order valence-electron chi connectivity index (χ3n) is 6.22. The third kappa shape index (κ3) is 7.33. The molecular formula is C28H41N. The fourth-order valence-corrected chi connectivity index (χ4v) is 3.90. The molecule has 0 spiro atoms. The smallest absolute Gasteiger partial charge is 0.0195 e. The van der Waals surface area contributed by atoms with Crippen LogP contribution in [0.15, 0.2) is 43.5 Å². The Balaban J connectivity index is 0.000000299. The molecule has 0 aliphatic heterocycles. The molecule has 2 aromatic carbocycles. The second-order valence-electron chi connectivity index (χ2n) is 8.19. The molecule has 1 aliphatic rings. The first kappa shape index (κ1) is 24.9. The molecule has 1 aliphatic carbocycles. The lowest BCUT2D eigenvalue weighted by Crippen LogP contribution is -1.98. The summed E-state index contributed by atoms with van der Waals surface area (Å²) in [4.78, 5) is 0. The summed E-state index contributed by atoms with van der Waals surface area (Å²) in [5.41, 5.74) is 15.3. The van der Waals surface area contributed by atoms with Gasteiger partial charge in [-0.3, -0.25) is 0 Å². The highest BCUT2D eigenvalue weighted by atomic mass is 14.4. The maximum absolute atomic E-state index is 4.50. The molecule has 158 valence electrons. The van der Waals surface area contributed by atoms with Crippen LogP contribution in [-0.2, 0) is 0 Å². The van der Waals surface area contributed by atoms with Gasteiger partial charge in [0.1, 0.15) is 0 Å². The van der Waals surface area contributed by atoms with Crippen LogP contribution in [0, 0.1) is 40.5 Å². The van der Waals surface area contributed by atoms with Crippen molar-refractivity contribution < 1.29 is 0 Å².